The summed E-state index contributed by atoms with van der Waals surface area (Å²) in [5, 5.41) is 2.63. The molecule has 0 saturated carbocycles. The van der Waals surface area contributed by atoms with Gasteiger partial charge >= 0.3 is 12.3 Å². The van der Waals surface area contributed by atoms with Gasteiger partial charge in [0.25, 0.3) is 5.91 Å². The molecule has 2 aromatic heterocycles. The van der Waals surface area contributed by atoms with Crippen molar-refractivity contribution in [2.75, 3.05) is 5.32 Å². The minimum Gasteiger partial charge on any atom is -0.443 e. The second-order valence-electron chi connectivity index (χ2n) is 7.05. The average Bonchev–Trinajstić information content (AvgIpc) is 2.57. The molecule has 0 aliphatic heterocycles. The van der Waals surface area contributed by atoms with Gasteiger partial charge in [-0.25, -0.2) is 20.2 Å². The quantitative estimate of drug-likeness (QED) is 0.665. The Morgan fingerprint density at radius 1 is 1.03 bits per heavy atom. The highest BCUT2D eigenvalue weighted by atomic mass is 19.4. The van der Waals surface area contributed by atoms with Crippen molar-refractivity contribution in [2.24, 2.45) is 0 Å². The van der Waals surface area contributed by atoms with Crippen molar-refractivity contribution >= 4 is 23.6 Å². The van der Waals surface area contributed by atoms with Crippen molar-refractivity contribution < 1.29 is 27.5 Å². The highest BCUT2D eigenvalue weighted by Crippen LogP contribution is 2.30. The topological polar surface area (TPSA) is 105 Å². The molecule has 0 unspecified atom stereocenters. The number of anilines is 2. The van der Waals surface area contributed by atoms with Crippen LogP contribution in [0.2, 0.25) is 0 Å². The molecule has 29 heavy (non-hydrogen) atoms. The molecule has 0 spiro atoms. The number of aryl methyl sites for hydroxylation is 1. The summed E-state index contributed by atoms with van der Waals surface area (Å²) in [5.74, 6) is -0.713. The van der Waals surface area contributed by atoms with Crippen LogP contribution in [0.5, 0.6) is 0 Å². The number of alkyl halides is 3. The van der Waals surface area contributed by atoms with E-state index in [2.05, 4.69) is 26.1 Å². The maximum Gasteiger partial charge on any atom is 0.426 e. The standard InChI is InChI=1S/C18H20F3N5O3/c1-10-7-12(15(27)25-26-16(28)29-17(2,3)4)23-14(8-10)24-13-9-11(5-6-22-13)18(19,20)21/h5-9H,1-4H3,(H,25,27)(H,26,28)(H,22,23,24). The molecule has 2 rings (SSSR count). The third kappa shape index (κ3) is 6.94. The van der Waals surface area contributed by atoms with Gasteiger partial charge in [-0.2, -0.15) is 13.2 Å². The Balaban J connectivity index is 2.12. The van der Waals surface area contributed by atoms with E-state index in [0.717, 1.165) is 18.3 Å². The second kappa shape index (κ2) is 8.33. The molecule has 0 atom stereocenters. The minimum absolute atomic E-state index is 0.0736. The van der Waals surface area contributed by atoms with E-state index in [0.29, 0.717) is 5.56 Å². The van der Waals surface area contributed by atoms with Crippen LogP contribution in [0, 0.1) is 6.92 Å². The summed E-state index contributed by atoms with van der Waals surface area (Å²) in [6, 6.07) is 4.64. The van der Waals surface area contributed by atoms with E-state index in [1.54, 1.807) is 27.7 Å². The van der Waals surface area contributed by atoms with Crippen molar-refractivity contribution in [3.63, 3.8) is 0 Å². The Labute approximate surface area is 164 Å². The van der Waals surface area contributed by atoms with Gasteiger partial charge in [0.15, 0.2) is 0 Å². The highest BCUT2D eigenvalue weighted by Gasteiger charge is 2.30. The Kier molecular flexibility index (Phi) is 6.30. The SMILES string of the molecule is Cc1cc(Nc2cc(C(F)(F)F)ccn2)nc(C(=O)NNC(=O)OC(C)(C)C)c1. The number of hydrogen-bond acceptors (Lipinski definition) is 6. The van der Waals surface area contributed by atoms with Gasteiger partial charge in [-0.3, -0.25) is 10.2 Å². The van der Waals surface area contributed by atoms with E-state index < -0.39 is 29.3 Å². The van der Waals surface area contributed by atoms with Crippen LogP contribution >= 0.6 is 0 Å². The summed E-state index contributed by atoms with van der Waals surface area (Å²) in [6.45, 7) is 6.66. The van der Waals surface area contributed by atoms with Gasteiger partial charge in [0.1, 0.15) is 22.9 Å². The molecule has 0 radical (unpaired) electrons. The zero-order valence-corrected chi connectivity index (χ0v) is 16.1. The average molecular weight is 411 g/mol. The van der Waals surface area contributed by atoms with Gasteiger partial charge < -0.3 is 10.1 Å². The first-order valence-corrected chi connectivity index (χ1v) is 8.42. The third-order valence-electron chi connectivity index (χ3n) is 3.22. The first kappa shape index (κ1) is 21.9. The summed E-state index contributed by atoms with van der Waals surface area (Å²) < 4.78 is 43.5. The predicted molar refractivity (Wildman–Crippen MR) is 98.3 cm³/mol. The largest absolute Gasteiger partial charge is 0.443 e. The van der Waals surface area contributed by atoms with Gasteiger partial charge in [0.2, 0.25) is 0 Å². The Morgan fingerprint density at radius 2 is 1.72 bits per heavy atom. The van der Waals surface area contributed by atoms with Gasteiger partial charge in [0.05, 0.1) is 5.56 Å². The van der Waals surface area contributed by atoms with E-state index in [-0.39, 0.29) is 17.3 Å². The van der Waals surface area contributed by atoms with Crippen molar-refractivity contribution in [2.45, 2.75) is 39.5 Å². The number of hydrogen-bond donors (Lipinski definition) is 3. The van der Waals surface area contributed by atoms with E-state index in [9.17, 15) is 22.8 Å². The fourth-order valence-electron chi connectivity index (χ4n) is 2.13. The molecule has 3 N–H and O–H groups in total. The van der Waals surface area contributed by atoms with Crippen molar-refractivity contribution in [1.82, 2.24) is 20.8 Å². The third-order valence-corrected chi connectivity index (χ3v) is 3.22. The number of carbonyl (C=O) groups excluding carboxylic acids is 2. The van der Waals surface area contributed by atoms with E-state index in [1.165, 1.54) is 12.1 Å². The van der Waals surface area contributed by atoms with Crippen molar-refractivity contribution in [3.8, 4) is 0 Å². The Bertz CT molecular complexity index is 910. The van der Waals surface area contributed by atoms with Crippen molar-refractivity contribution in [1.29, 1.82) is 0 Å². The smallest absolute Gasteiger partial charge is 0.426 e. The normalized spacial score (nSPS) is 11.6. The zero-order valence-electron chi connectivity index (χ0n) is 16.1. The summed E-state index contributed by atoms with van der Waals surface area (Å²) >= 11 is 0. The molecular formula is C18H20F3N5O3. The fraction of sp³-hybridized carbons (Fsp3) is 0.333. The fourth-order valence-corrected chi connectivity index (χ4v) is 2.13. The number of pyridine rings is 2. The number of nitrogens with one attached hydrogen (secondary N) is 3. The van der Waals surface area contributed by atoms with Crippen LogP contribution in [0.3, 0.4) is 0 Å². The highest BCUT2D eigenvalue weighted by molar-refractivity contribution is 5.93. The lowest BCUT2D eigenvalue weighted by molar-refractivity contribution is -0.137. The Hall–Kier alpha value is -3.37. The molecular weight excluding hydrogens is 391 g/mol. The zero-order chi connectivity index (χ0) is 21.8. The molecule has 8 nitrogen and oxygen atoms in total. The number of carbonyl (C=O) groups is 2. The first-order chi connectivity index (χ1) is 13.3. The maximum absolute atomic E-state index is 12.8. The maximum atomic E-state index is 12.8. The number of aromatic nitrogens is 2. The molecule has 0 bridgehead atoms. The molecule has 2 aromatic rings. The molecule has 2 heterocycles. The molecule has 156 valence electrons. The van der Waals surface area contributed by atoms with Gasteiger partial charge in [-0.1, -0.05) is 0 Å². The number of ether oxygens (including phenoxy) is 1. The molecule has 11 heteroatoms. The van der Waals surface area contributed by atoms with Crippen molar-refractivity contribution in [3.05, 3.63) is 47.3 Å². The number of hydrazine groups is 1. The van der Waals surface area contributed by atoms with Crippen LogP contribution in [0.25, 0.3) is 0 Å². The monoisotopic (exact) mass is 411 g/mol. The van der Waals surface area contributed by atoms with Gasteiger partial charge in [-0.05, 0) is 57.5 Å². The molecule has 0 saturated heterocycles. The van der Waals surface area contributed by atoms with Crippen LogP contribution in [-0.4, -0.2) is 27.6 Å². The van der Waals surface area contributed by atoms with E-state index in [4.69, 9.17) is 4.74 Å². The van der Waals surface area contributed by atoms with Gasteiger partial charge in [-0.15, -0.1) is 0 Å². The summed E-state index contributed by atoms with van der Waals surface area (Å²) in [6.07, 6.45) is -4.36. The number of rotatable bonds is 3. The summed E-state index contributed by atoms with van der Waals surface area (Å²) in [4.78, 5) is 31.7. The van der Waals surface area contributed by atoms with Crippen LogP contribution in [0.1, 0.15) is 42.4 Å². The van der Waals surface area contributed by atoms with Crippen LogP contribution in [0.4, 0.5) is 29.6 Å². The molecule has 0 fully saturated rings. The predicted octanol–water partition coefficient (Wildman–Crippen LogP) is 3.72. The lowest BCUT2D eigenvalue weighted by Crippen LogP contribution is -2.44. The lowest BCUT2D eigenvalue weighted by atomic mass is 10.2. The Morgan fingerprint density at radius 3 is 2.34 bits per heavy atom. The summed E-state index contributed by atoms with van der Waals surface area (Å²) in [7, 11) is 0. The van der Waals surface area contributed by atoms with E-state index in [1.807, 2.05) is 0 Å². The molecule has 0 aliphatic carbocycles. The number of halogens is 3. The number of nitrogens with zero attached hydrogens (tertiary/aromatic N) is 2. The molecule has 0 aliphatic rings. The van der Waals surface area contributed by atoms with Gasteiger partial charge in [0, 0.05) is 6.20 Å². The summed E-state index contributed by atoms with van der Waals surface area (Å²) in [5.41, 5.74) is 3.16. The van der Waals surface area contributed by atoms with Crippen LogP contribution in [0.15, 0.2) is 30.5 Å². The van der Waals surface area contributed by atoms with Crippen LogP contribution in [-0.2, 0) is 10.9 Å². The minimum atomic E-state index is -4.52. The molecule has 0 aromatic carbocycles. The second-order valence-corrected chi connectivity index (χ2v) is 7.05. The lowest BCUT2D eigenvalue weighted by Gasteiger charge is -2.19. The number of amides is 2. The first-order valence-electron chi connectivity index (χ1n) is 8.42. The van der Waals surface area contributed by atoms with E-state index >= 15 is 0 Å². The van der Waals surface area contributed by atoms with Crippen LogP contribution < -0.4 is 16.2 Å². The molecule has 2 amide bonds.